The Hall–Kier alpha value is -0.690. The summed E-state index contributed by atoms with van der Waals surface area (Å²) >= 11 is 0. The van der Waals surface area contributed by atoms with Gasteiger partial charge in [0.1, 0.15) is 0 Å². The first-order valence-corrected chi connectivity index (χ1v) is 6.07. The Labute approximate surface area is 103 Å². The molecule has 17 heavy (non-hydrogen) atoms. The van der Waals surface area contributed by atoms with Crippen molar-refractivity contribution in [3.05, 3.63) is 0 Å². The van der Waals surface area contributed by atoms with Gasteiger partial charge in [-0.05, 0) is 20.8 Å². The monoisotopic (exact) mass is 247 g/mol. The van der Waals surface area contributed by atoms with Gasteiger partial charge in [-0.1, -0.05) is 0 Å². The van der Waals surface area contributed by atoms with E-state index >= 15 is 0 Å². The van der Waals surface area contributed by atoms with Crippen LogP contribution in [0.4, 0.5) is 0 Å². The number of nitrogens with two attached hydrogens (primary N) is 1. The Kier molecular flexibility index (Phi) is 10.0. The van der Waals surface area contributed by atoms with Crippen molar-refractivity contribution in [2.24, 2.45) is 5.84 Å². The number of hydrogen-bond acceptors (Lipinski definition) is 5. The normalized spacial score (nSPS) is 12.8. The van der Waals surface area contributed by atoms with Gasteiger partial charge in [-0.15, -0.1) is 0 Å². The molecule has 0 aromatic rings. The maximum Gasteiger partial charge on any atom is 0.250 e. The number of carbonyl (C=O) groups is 1. The molecule has 0 spiro atoms. The number of rotatable bonds is 10. The fourth-order valence-electron chi connectivity index (χ4n) is 1.44. The number of amides is 1. The Morgan fingerprint density at radius 3 is 2.06 bits per heavy atom. The van der Waals surface area contributed by atoms with Gasteiger partial charge in [0.15, 0.2) is 0 Å². The topological polar surface area (TPSA) is 76.8 Å². The Morgan fingerprint density at radius 2 is 1.71 bits per heavy atom. The lowest BCUT2D eigenvalue weighted by Crippen LogP contribution is -2.49. The molecule has 102 valence electrons. The maximum atomic E-state index is 11.5. The van der Waals surface area contributed by atoms with E-state index < -0.39 is 0 Å². The zero-order valence-electron chi connectivity index (χ0n) is 11.1. The molecule has 1 amide bonds. The molecule has 6 heteroatoms. The zero-order valence-corrected chi connectivity index (χ0v) is 11.1. The molecule has 0 aromatic heterocycles. The second-order valence-corrected chi connectivity index (χ2v) is 3.61. The molecule has 1 unspecified atom stereocenters. The lowest BCUT2D eigenvalue weighted by atomic mass is 10.2. The summed E-state index contributed by atoms with van der Waals surface area (Å²) in [4.78, 5) is 13.5. The predicted molar refractivity (Wildman–Crippen MR) is 66.4 cm³/mol. The smallest absolute Gasteiger partial charge is 0.250 e. The average Bonchev–Trinajstić information content (AvgIpc) is 2.35. The number of carbonyl (C=O) groups excluding carboxylic acids is 1. The Bertz CT molecular complexity index is 192. The molecule has 0 rings (SSSR count). The molecule has 1 atom stereocenters. The predicted octanol–water partition coefficient (Wildman–Crippen LogP) is -0.260. The van der Waals surface area contributed by atoms with Crippen molar-refractivity contribution >= 4 is 5.91 Å². The number of nitrogens with zero attached hydrogens (tertiary/aromatic N) is 1. The van der Waals surface area contributed by atoms with Crippen molar-refractivity contribution in [1.29, 1.82) is 0 Å². The van der Waals surface area contributed by atoms with Crippen LogP contribution < -0.4 is 11.3 Å². The molecule has 3 N–H and O–H groups in total. The van der Waals surface area contributed by atoms with Gasteiger partial charge in [0.25, 0.3) is 5.91 Å². The number of nitrogens with one attached hydrogen (secondary N) is 1. The molecule has 0 heterocycles. The van der Waals surface area contributed by atoms with Crippen LogP contribution in [-0.4, -0.2) is 56.4 Å². The van der Waals surface area contributed by atoms with Gasteiger partial charge in [0.2, 0.25) is 0 Å². The highest BCUT2D eigenvalue weighted by molar-refractivity contribution is 5.80. The first kappa shape index (κ1) is 16.3. The summed E-state index contributed by atoms with van der Waals surface area (Å²) in [6, 6.07) is -0.277. The third-order valence-corrected chi connectivity index (χ3v) is 2.52. The molecule has 0 aromatic carbocycles. The van der Waals surface area contributed by atoms with E-state index in [1.54, 1.807) is 0 Å². The van der Waals surface area contributed by atoms with E-state index in [9.17, 15) is 4.79 Å². The molecule has 0 saturated heterocycles. The summed E-state index contributed by atoms with van der Waals surface area (Å²) in [6.45, 7) is 9.65. The van der Waals surface area contributed by atoms with Gasteiger partial charge >= 0.3 is 0 Å². The van der Waals surface area contributed by atoms with Crippen LogP contribution in [0.25, 0.3) is 0 Å². The third kappa shape index (κ3) is 7.27. The number of ether oxygens (including phenoxy) is 2. The second-order valence-electron chi connectivity index (χ2n) is 3.61. The number of hydrogen-bond donors (Lipinski definition) is 2. The van der Waals surface area contributed by atoms with Crippen LogP contribution in [0.2, 0.25) is 0 Å². The van der Waals surface area contributed by atoms with Crippen LogP contribution >= 0.6 is 0 Å². The van der Waals surface area contributed by atoms with Crippen LogP contribution in [0, 0.1) is 0 Å². The van der Waals surface area contributed by atoms with Crippen molar-refractivity contribution in [2.75, 3.05) is 39.5 Å². The van der Waals surface area contributed by atoms with E-state index in [1.165, 1.54) is 0 Å². The molecule has 0 aliphatic heterocycles. The van der Waals surface area contributed by atoms with E-state index in [0.717, 1.165) is 0 Å². The van der Waals surface area contributed by atoms with Crippen LogP contribution in [0.3, 0.4) is 0 Å². The van der Waals surface area contributed by atoms with Gasteiger partial charge in [-0.3, -0.25) is 15.1 Å². The molecule has 0 radical (unpaired) electrons. The molecule has 0 bridgehead atoms. The van der Waals surface area contributed by atoms with Crippen molar-refractivity contribution in [1.82, 2.24) is 10.3 Å². The summed E-state index contributed by atoms with van der Waals surface area (Å²) < 4.78 is 10.6. The lowest BCUT2D eigenvalue weighted by Gasteiger charge is -2.27. The lowest BCUT2D eigenvalue weighted by molar-refractivity contribution is -0.126. The van der Waals surface area contributed by atoms with E-state index in [2.05, 4.69) is 5.43 Å². The van der Waals surface area contributed by atoms with E-state index in [1.807, 2.05) is 25.7 Å². The highest BCUT2D eigenvalue weighted by Gasteiger charge is 2.19. The van der Waals surface area contributed by atoms with Crippen molar-refractivity contribution < 1.29 is 14.3 Å². The van der Waals surface area contributed by atoms with E-state index in [0.29, 0.717) is 39.5 Å². The highest BCUT2D eigenvalue weighted by atomic mass is 16.5. The van der Waals surface area contributed by atoms with E-state index in [-0.39, 0.29) is 11.9 Å². The standard InChI is InChI=1S/C11H25N3O3/c1-4-16-8-6-14(7-9-17-5-2)10(3)11(15)13-12/h10H,4-9,12H2,1-3H3,(H,13,15). The minimum absolute atomic E-state index is 0.196. The third-order valence-electron chi connectivity index (χ3n) is 2.52. The minimum Gasteiger partial charge on any atom is -0.380 e. The average molecular weight is 247 g/mol. The van der Waals surface area contributed by atoms with Gasteiger partial charge in [0.05, 0.1) is 19.3 Å². The summed E-state index contributed by atoms with van der Waals surface area (Å²) in [5.74, 6) is 4.94. The van der Waals surface area contributed by atoms with Crippen molar-refractivity contribution in [3.63, 3.8) is 0 Å². The zero-order chi connectivity index (χ0) is 13.1. The summed E-state index contributed by atoms with van der Waals surface area (Å²) in [5, 5.41) is 0. The largest absolute Gasteiger partial charge is 0.380 e. The quantitative estimate of drug-likeness (QED) is 0.241. The van der Waals surface area contributed by atoms with Gasteiger partial charge < -0.3 is 9.47 Å². The first-order valence-electron chi connectivity index (χ1n) is 6.07. The van der Waals surface area contributed by atoms with Gasteiger partial charge in [-0.25, -0.2) is 5.84 Å². The fourth-order valence-corrected chi connectivity index (χ4v) is 1.44. The number of hydrazine groups is 1. The first-order chi connectivity index (χ1) is 8.17. The highest BCUT2D eigenvalue weighted by Crippen LogP contribution is 1.99. The Balaban J connectivity index is 4.12. The van der Waals surface area contributed by atoms with Crippen molar-refractivity contribution in [3.8, 4) is 0 Å². The van der Waals surface area contributed by atoms with E-state index in [4.69, 9.17) is 15.3 Å². The minimum atomic E-state index is -0.277. The molecule has 0 aliphatic rings. The summed E-state index contributed by atoms with van der Waals surface area (Å²) in [5.41, 5.74) is 2.16. The van der Waals surface area contributed by atoms with Crippen LogP contribution in [0.1, 0.15) is 20.8 Å². The van der Waals surface area contributed by atoms with Crippen molar-refractivity contribution in [2.45, 2.75) is 26.8 Å². The maximum absolute atomic E-state index is 11.5. The SMILES string of the molecule is CCOCCN(CCOCC)C(C)C(=O)NN. The van der Waals surface area contributed by atoms with Gasteiger partial charge in [0, 0.05) is 26.3 Å². The summed E-state index contributed by atoms with van der Waals surface area (Å²) in [7, 11) is 0. The molecular weight excluding hydrogens is 222 g/mol. The summed E-state index contributed by atoms with van der Waals surface area (Å²) in [6.07, 6.45) is 0. The fraction of sp³-hybridized carbons (Fsp3) is 0.909. The van der Waals surface area contributed by atoms with Crippen LogP contribution in [-0.2, 0) is 14.3 Å². The molecule has 0 fully saturated rings. The molecule has 6 nitrogen and oxygen atoms in total. The second kappa shape index (κ2) is 10.5. The molecular formula is C11H25N3O3. The molecule has 0 saturated carbocycles. The van der Waals surface area contributed by atoms with Crippen LogP contribution in [0.15, 0.2) is 0 Å². The molecule has 0 aliphatic carbocycles. The van der Waals surface area contributed by atoms with Gasteiger partial charge in [-0.2, -0.15) is 0 Å². The Morgan fingerprint density at radius 1 is 1.24 bits per heavy atom. The van der Waals surface area contributed by atoms with Crippen LogP contribution in [0.5, 0.6) is 0 Å².